The molecule has 1 N–H and O–H groups in total. The average Bonchev–Trinajstić information content (AvgIpc) is 3.11. The summed E-state index contributed by atoms with van der Waals surface area (Å²) in [7, 11) is 1.81. The number of amides is 1. The quantitative estimate of drug-likeness (QED) is 0.586. The summed E-state index contributed by atoms with van der Waals surface area (Å²) in [5, 5.41) is 8.81. The molecule has 1 aliphatic heterocycles. The van der Waals surface area contributed by atoms with Crippen LogP contribution >= 0.6 is 0 Å². The first-order valence-corrected chi connectivity index (χ1v) is 13.3. The predicted octanol–water partition coefficient (Wildman–Crippen LogP) is 6.07. The number of amidine groups is 1. The molecule has 1 aromatic carbocycles. The molecular formula is C30H39N3O2. The van der Waals surface area contributed by atoms with Gasteiger partial charge in [-0.1, -0.05) is 25.5 Å². The maximum absolute atomic E-state index is 14.8. The smallest absolute Gasteiger partial charge is 0.239 e. The number of fused-ring (bicyclic) bond motifs is 3. The summed E-state index contributed by atoms with van der Waals surface area (Å²) >= 11 is 0. The van der Waals surface area contributed by atoms with Crippen LogP contribution in [0.5, 0.6) is 0 Å². The fourth-order valence-corrected chi connectivity index (χ4v) is 7.69. The molecule has 2 fully saturated rings. The maximum atomic E-state index is 14.8. The number of hydrogen-bond donors (Lipinski definition) is 1. The van der Waals surface area contributed by atoms with Gasteiger partial charge >= 0.3 is 0 Å². The number of rotatable bonds is 4. The van der Waals surface area contributed by atoms with Gasteiger partial charge in [-0.2, -0.15) is 0 Å². The summed E-state index contributed by atoms with van der Waals surface area (Å²) in [6.45, 7) is 8.37. The molecule has 2 aliphatic carbocycles. The fourth-order valence-electron chi connectivity index (χ4n) is 7.69. The van der Waals surface area contributed by atoms with Gasteiger partial charge in [-0.25, -0.2) is 0 Å². The van der Waals surface area contributed by atoms with Gasteiger partial charge in [-0.3, -0.25) is 20.1 Å². The average molecular weight is 474 g/mol. The lowest BCUT2D eigenvalue weighted by Crippen LogP contribution is -2.66. The van der Waals surface area contributed by atoms with Crippen LogP contribution in [0.3, 0.4) is 0 Å². The first-order valence-electron chi connectivity index (χ1n) is 13.3. The summed E-state index contributed by atoms with van der Waals surface area (Å²) in [5.74, 6) is 0.768. The van der Waals surface area contributed by atoms with E-state index in [1.807, 2.05) is 38.3 Å². The Kier molecular flexibility index (Phi) is 6.11. The molecule has 0 bridgehead atoms. The predicted molar refractivity (Wildman–Crippen MR) is 140 cm³/mol. The summed E-state index contributed by atoms with van der Waals surface area (Å²) in [6, 6.07) is 8.93. The number of aryl methyl sites for hydroxylation is 1. The minimum absolute atomic E-state index is 0.0229. The molecule has 1 saturated carbocycles. The van der Waals surface area contributed by atoms with Gasteiger partial charge in [0.2, 0.25) is 5.91 Å². The van der Waals surface area contributed by atoms with Crippen LogP contribution in [0.15, 0.2) is 36.7 Å². The number of benzene rings is 1. The number of carbonyl (C=O) groups is 1. The number of carbonyl (C=O) groups excluding carboxylic acids is 1. The zero-order chi connectivity index (χ0) is 25.0. The van der Waals surface area contributed by atoms with E-state index in [0.29, 0.717) is 12.3 Å². The second-order valence-corrected chi connectivity index (χ2v) is 11.3. The molecule has 1 saturated heterocycles. The minimum Gasteiger partial charge on any atom is -0.381 e. The van der Waals surface area contributed by atoms with Gasteiger partial charge in [0.1, 0.15) is 5.84 Å². The second-order valence-electron chi connectivity index (χ2n) is 11.3. The van der Waals surface area contributed by atoms with Crippen molar-refractivity contribution in [1.29, 1.82) is 5.41 Å². The number of aromatic nitrogens is 1. The van der Waals surface area contributed by atoms with Crippen molar-refractivity contribution in [2.75, 3.05) is 7.11 Å². The maximum Gasteiger partial charge on any atom is 0.239 e. The van der Waals surface area contributed by atoms with Crippen LogP contribution in [0.2, 0.25) is 0 Å². The van der Waals surface area contributed by atoms with E-state index >= 15 is 0 Å². The minimum atomic E-state index is -0.599. The Labute approximate surface area is 209 Å². The summed E-state index contributed by atoms with van der Waals surface area (Å²) < 4.78 is 5.75. The molecule has 2 unspecified atom stereocenters. The van der Waals surface area contributed by atoms with Crippen molar-refractivity contribution in [2.45, 2.75) is 90.2 Å². The molecular weight excluding hydrogens is 434 g/mol. The van der Waals surface area contributed by atoms with Gasteiger partial charge in [-0.15, -0.1) is 0 Å². The highest BCUT2D eigenvalue weighted by atomic mass is 16.5. The number of nitrogens with zero attached hydrogens (tertiary/aromatic N) is 2. The van der Waals surface area contributed by atoms with E-state index in [4.69, 9.17) is 10.1 Å². The Morgan fingerprint density at radius 2 is 1.91 bits per heavy atom. The monoisotopic (exact) mass is 473 g/mol. The van der Waals surface area contributed by atoms with Crippen molar-refractivity contribution >= 4 is 11.7 Å². The zero-order valence-electron chi connectivity index (χ0n) is 21.9. The van der Waals surface area contributed by atoms with Gasteiger partial charge < -0.3 is 4.74 Å². The van der Waals surface area contributed by atoms with E-state index in [2.05, 4.69) is 43.1 Å². The number of piperidine rings is 1. The van der Waals surface area contributed by atoms with E-state index in [-0.39, 0.29) is 29.4 Å². The van der Waals surface area contributed by atoms with Crippen molar-refractivity contribution in [3.63, 3.8) is 0 Å². The fraction of sp³-hybridized carbons (Fsp3) is 0.567. The third-order valence-electron chi connectivity index (χ3n) is 9.24. The topological polar surface area (TPSA) is 66.3 Å². The Balaban J connectivity index is 1.74. The highest BCUT2D eigenvalue weighted by Crippen LogP contribution is 2.65. The van der Waals surface area contributed by atoms with Crippen LogP contribution in [-0.4, -0.2) is 40.9 Å². The van der Waals surface area contributed by atoms with E-state index in [1.54, 1.807) is 0 Å². The molecule has 5 nitrogen and oxygen atoms in total. The number of likely N-dealkylation sites (tertiary alicyclic amines) is 1. The Bertz CT molecular complexity index is 1150. The van der Waals surface area contributed by atoms with Crippen molar-refractivity contribution < 1.29 is 9.53 Å². The lowest BCUT2D eigenvalue weighted by molar-refractivity contribution is -0.149. The van der Waals surface area contributed by atoms with Crippen molar-refractivity contribution in [3.8, 4) is 11.1 Å². The van der Waals surface area contributed by atoms with E-state index in [9.17, 15) is 4.79 Å². The highest BCUT2D eigenvalue weighted by Gasteiger charge is 2.68. The van der Waals surface area contributed by atoms with Crippen LogP contribution in [-0.2, 0) is 21.4 Å². The van der Waals surface area contributed by atoms with Crippen LogP contribution in [0, 0.1) is 23.7 Å². The molecule has 2 heterocycles. The van der Waals surface area contributed by atoms with Crippen LogP contribution in [0.4, 0.5) is 0 Å². The molecule has 186 valence electrons. The van der Waals surface area contributed by atoms with Gasteiger partial charge in [0.05, 0.1) is 11.5 Å². The Hall–Kier alpha value is -2.53. The normalized spacial score (nSPS) is 30.5. The van der Waals surface area contributed by atoms with Gasteiger partial charge in [0, 0.05) is 37.5 Å². The molecule has 0 radical (unpaired) electrons. The van der Waals surface area contributed by atoms with Crippen LogP contribution < -0.4 is 0 Å². The largest absolute Gasteiger partial charge is 0.381 e. The summed E-state index contributed by atoms with van der Waals surface area (Å²) in [4.78, 5) is 21.0. The van der Waals surface area contributed by atoms with Gasteiger partial charge in [-0.05, 0) is 98.6 Å². The molecule has 5 heteroatoms. The number of hydrogen-bond acceptors (Lipinski definition) is 4. The number of ether oxygens (including phenoxy) is 1. The lowest BCUT2D eigenvalue weighted by Gasteiger charge is -2.57. The van der Waals surface area contributed by atoms with Crippen molar-refractivity contribution in [2.24, 2.45) is 11.3 Å². The molecule has 2 atom stereocenters. The molecule has 3 aliphatic rings. The third-order valence-corrected chi connectivity index (χ3v) is 9.24. The standard InChI is InChI=1S/C30H39N3O2/c1-6-24-15-27(31)33(19(2)3)28(34)30(24)26-14-21(23-13-20(4)17-32-18-23)7-8-22(26)16-29(30)11-9-25(35-5)10-12-29/h7-8,13-14,17-19,24-25,31H,6,9-12,15-16H2,1-5H3. The van der Waals surface area contributed by atoms with Crippen molar-refractivity contribution in [1.82, 2.24) is 9.88 Å². The number of nitrogens with one attached hydrogen (secondary N) is 1. The summed E-state index contributed by atoms with van der Waals surface area (Å²) in [5.41, 5.74) is 5.15. The molecule has 1 amide bonds. The lowest BCUT2D eigenvalue weighted by atomic mass is 9.49. The van der Waals surface area contributed by atoms with Gasteiger partial charge in [0.15, 0.2) is 0 Å². The summed E-state index contributed by atoms with van der Waals surface area (Å²) in [6.07, 6.45) is 10.5. The van der Waals surface area contributed by atoms with Crippen LogP contribution in [0.25, 0.3) is 11.1 Å². The first kappa shape index (κ1) is 24.2. The van der Waals surface area contributed by atoms with E-state index in [1.165, 1.54) is 11.1 Å². The van der Waals surface area contributed by atoms with E-state index in [0.717, 1.165) is 55.2 Å². The molecule has 1 aromatic heterocycles. The first-order chi connectivity index (χ1) is 16.8. The Morgan fingerprint density at radius 3 is 2.54 bits per heavy atom. The SMILES string of the molecule is CCC1CC(=N)N(C(C)C)C(=O)C12c1cc(-c3cncc(C)c3)ccc1CC21CCC(OC)CC1. The Morgan fingerprint density at radius 1 is 1.17 bits per heavy atom. The highest BCUT2D eigenvalue weighted by molar-refractivity contribution is 6.06. The third kappa shape index (κ3) is 3.49. The van der Waals surface area contributed by atoms with E-state index < -0.39 is 5.41 Å². The molecule has 2 spiro atoms. The number of methoxy groups -OCH3 is 1. The number of pyridine rings is 1. The molecule has 5 rings (SSSR count). The van der Waals surface area contributed by atoms with Crippen LogP contribution in [0.1, 0.15) is 76.0 Å². The molecule has 35 heavy (non-hydrogen) atoms. The van der Waals surface area contributed by atoms with Gasteiger partial charge in [0.25, 0.3) is 0 Å². The van der Waals surface area contributed by atoms with Crippen molar-refractivity contribution in [3.05, 3.63) is 53.3 Å². The second kappa shape index (κ2) is 8.85. The molecule has 2 aromatic rings. The zero-order valence-corrected chi connectivity index (χ0v) is 21.9.